The third-order valence-electron chi connectivity index (χ3n) is 5.21. The number of halogens is 1. The van der Waals surface area contributed by atoms with E-state index in [-0.39, 0.29) is 30.9 Å². The van der Waals surface area contributed by atoms with Gasteiger partial charge in [-0.1, -0.05) is 42.5 Å². The molecular weight excluding hydrogens is 376 g/mol. The minimum absolute atomic E-state index is 0. The SMILES string of the molecule is Cl.O=C(CNC(=O)N1CCc2ccccc2C1)NCc1ccc2c(c1)CNC2. The van der Waals surface area contributed by atoms with Crippen molar-refractivity contribution in [3.05, 3.63) is 70.3 Å². The van der Waals surface area contributed by atoms with Crippen LogP contribution in [0.25, 0.3) is 0 Å². The minimum atomic E-state index is -0.191. The summed E-state index contributed by atoms with van der Waals surface area (Å²) in [7, 11) is 0. The molecule has 4 rings (SSSR count). The van der Waals surface area contributed by atoms with Gasteiger partial charge in [0, 0.05) is 32.7 Å². The number of rotatable bonds is 4. The average Bonchev–Trinajstić information content (AvgIpc) is 3.18. The molecule has 0 aliphatic carbocycles. The molecular formula is C21H25ClN4O2. The first-order valence-electron chi connectivity index (χ1n) is 9.37. The van der Waals surface area contributed by atoms with Crippen LogP contribution >= 0.6 is 12.4 Å². The summed E-state index contributed by atoms with van der Waals surface area (Å²) in [6, 6.07) is 14.2. The van der Waals surface area contributed by atoms with Crippen molar-refractivity contribution >= 4 is 24.3 Å². The van der Waals surface area contributed by atoms with Crippen molar-refractivity contribution in [2.75, 3.05) is 13.1 Å². The van der Waals surface area contributed by atoms with Crippen LogP contribution in [0.15, 0.2) is 42.5 Å². The summed E-state index contributed by atoms with van der Waals surface area (Å²) in [4.78, 5) is 26.2. The molecule has 0 spiro atoms. The molecule has 6 nitrogen and oxygen atoms in total. The first-order chi connectivity index (χ1) is 13.2. The number of carbonyl (C=O) groups excluding carboxylic acids is 2. The van der Waals surface area contributed by atoms with Crippen molar-refractivity contribution < 1.29 is 9.59 Å². The van der Waals surface area contributed by atoms with Crippen LogP contribution in [0, 0.1) is 0 Å². The Kier molecular flexibility index (Phi) is 6.54. The molecule has 0 unspecified atom stereocenters. The highest BCUT2D eigenvalue weighted by Gasteiger charge is 2.20. The van der Waals surface area contributed by atoms with Gasteiger partial charge in [0.1, 0.15) is 0 Å². The standard InChI is InChI=1S/C21H24N4O2.ClH/c26-20(23-10-15-5-6-17-11-22-12-19(17)9-15)13-24-21(27)25-8-7-16-3-1-2-4-18(16)14-25;/h1-6,9,22H,7-8,10-14H2,(H,23,26)(H,24,27);1H. The van der Waals surface area contributed by atoms with Gasteiger partial charge in [-0.25, -0.2) is 4.79 Å². The van der Waals surface area contributed by atoms with E-state index in [0.717, 1.165) is 25.1 Å². The molecule has 3 amide bonds. The van der Waals surface area contributed by atoms with E-state index in [1.54, 1.807) is 4.90 Å². The second-order valence-corrected chi connectivity index (χ2v) is 7.08. The molecule has 2 aliphatic rings. The summed E-state index contributed by atoms with van der Waals surface area (Å²) in [5.74, 6) is -0.181. The fourth-order valence-corrected chi connectivity index (χ4v) is 3.66. The molecule has 3 N–H and O–H groups in total. The van der Waals surface area contributed by atoms with Crippen LogP contribution in [0.1, 0.15) is 27.8 Å². The lowest BCUT2D eigenvalue weighted by Crippen LogP contribution is -2.46. The van der Waals surface area contributed by atoms with Crippen LogP contribution in [0.2, 0.25) is 0 Å². The summed E-state index contributed by atoms with van der Waals surface area (Å²) in [5, 5.41) is 8.91. The van der Waals surface area contributed by atoms with Crippen LogP contribution < -0.4 is 16.0 Å². The molecule has 28 heavy (non-hydrogen) atoms. The summed E-state index contributed by atoms with van der Waals surface area (Å²) >= 11 is 0. The highest BCUT2D eigenvalue weighted by Crippen LogP contribution is 2.18. The Morgan fingerprint density at radius 3 is 2.61 bits per heavy atom. The van der Waals surface area contributed by atoms with E-state index >= 15 is 0 Å². The zero-order chi connectivity index (χ0) is 18.6. The van der Waals surface area contributed by atoms with Crippen LogP contribution in [-0.2, 0) is 37.4 Å². The van der Waals surface area contributed by atoms with Crippen LogP contribution in [0.5, 0.6) is 0 Å². The summed E-state index contributed by atoms with van der Waals surface area (Å²) in [6.07, 6.45) is 0.850. The Morgan fingerprint density at radius 2 is 1.75 bits per heavy atom. The van der Waals surface area contributed by atoms with E-state index in [4.69, 9.17) is 0 Å². The lowest BCUT2D eigenvalue weighted by atomic mass is 10.0. The van der Waals surface area contributed by atoms with Gasteiger partial charge in [-0.05, 0) is 34.2 Å². The quantitative estimate of drug-likeness (QED) is 0.735. The topological polar surface area (TPSA) is 73.5 Å². The molecule has 2 aromatic carbocycles. The second kappa shape index (κ2) is 9.08. The van der Waals surface area contributed by atoms with Crippen LogP contribution in [0.3, 0.4) is 0 Å². The van der Waals surface area contributed by atoms with Gasteiger partial charge in [0.05, 0.1) is 6.54 Å². The fourth-order valence-electron chi connectivity index (χ4n) is 3.66. The molecule has 0 saturated heterocycles. The number of carbonyl (C=O) groups is 2. The molecule has 0 atom stereocenters. The monoisotopic (exact) mass is 400 g/mol. The summed E-state index contributed by atoms with van der Waals surface area (Å²) in [6.45, 7) is 3.52. The average molecular weight is 401 g/mol. The van der Waals surface area contributed by atoms with Gasteiger partial charge in [0.2, 0.25) is 5.91 Å². The predicted molar refractivity (Wildman–Crippen MR) is 110 cm³/mol. The number of nitrogens with zero attached hydrogens (tertiary/aromatic N) is 1. The van der Waals surface area contributed by atoms with Crippen LogP contribution in [0.4, 0.5) is 4.79 Å². The summed E-state index contributed by atoms with van der Waals surface area (Å²) in [5.41, 5.74) is 6.16. The van der Waals surface area contributed by atoms with Gasteiger partial charge >= 0.3 is 6.03 Å². The normalized spacial score (nSPS) is 14.5. The van der Waals surface area contributed by atoms with E-state index in [9.17, 15) is 9.59 Å². The maximum atomic E-state index is 12.3. The maximum absolute atomic E-state index is 12.3. The molecule has 0 fully saturated rings. The van der Waals surface area contributed by atoms with Crippen molar-refractivity contribution in [1.29, 1.82) is 0 Å². The number of amides is 3. The highest BCUT2D eigenvalue weighted by molar-refractivity contribution is 5.85. The molecule has 0 saturated carbocycles. The molecule has 2 aromatic rings. The lowest BCUT2D eigenvalue weighted by Gasteiger charge is -2.28. The van der Waals surface area contributed by atoms with Crippen molar-refractivity contribution in [2.24, 2.45) is 0 Å². The first kappa shape index (κ1) is 20.2. The van der Waals surface area contributed by atoms with E-state index in [2.05, 4.69) is 34.1 Å². The molecule has 2 heterocycles. The molecule has 0 radical (unpaired) electrons. The molecule has 148 valence electrons. The molecule has 0 aromatic heterocycles. The lowest BCUT2D eigenvalue weighted by molar-refractivity contribution is -0.120. The number of benzene rings is 2. The number of nitrogens with one attached hydrogen (secondary N) is 3. The van der Waals surface area contributed by atoms with Crippen LogP contribution in [-0.4, -0.2) is 29.9 Å². The molecule has 0 bridgehead atoms. The minimum Gasteiger partial charge on any atom is -0.350 e. The number of hydrogen-bond donors (Lipinski definition) is 3. The smallest absolute Gasteiger partial charge is 0.318 e. The van der Waals surface area contributed by atoms with E-state index in [1.165, 1.54) is 22.3 Å². The Balaban J connectivity index is 0.00000225. The van der Waals surface area contributed by atoms with Gasteiger partial charge in [-0.2, -0.15) is 0 Å². The number of fused-ring (bicyclic) bond motifs is 2. The third-order valence-corrected chi connectivity index (χ3v) is 5.21. The number of hydrogen-bond acceptors (Lipinski definition) is 3. The van der Waals surface area contributed by atoms with E-state index in [1.807, 2.05) is 24.3 Å². The largest absolute Gasteiger partial charge is 0.350 e. The highest BCUT2D eigenvalue weighted by atomic mass is 35.5. The van der Waals surface area contributed by atoms with Gasteiger partial charge < -0.3 is 20.9 Å². The Labute approximate surface area is 171 Å². The third kappa shape index (κ3) is 4.64. The summed E-state index contributed by atoms with van der Waals surface area (Å²) < 4.78 is 0. The second-order valence-electron chi connectivity index (χ2n) is 7.08. The zero-order valence-electron chi connectivity index (χ0n) is 15.7. The van der Waals surface area contributed by atoms with E-state index < -0.39 is 0 Å². The van der Waals surface area contributed by atoms with Gasteiger partial charge in [-0.3, -0.25) is 4.79 Å². The Bertz CT molecular complexity index is 871. The Morgan fingerprint density at radius 1 is 0.964 bits per heavy atom. The first-order valence-corrected chi connectivity index (χ1v) is 9.37. The fraction of sp³-hybridized carbons (Fsp3) is 0.333. The Hall–Kier alpha value is -2.57. The molecule has 2 aliphatic heterocycles. The van der Waals surface area contributed by atoms with Gasteiger partial charge in [0.15, 0.2) is 0 Å². The van der Waals surface area contributed by atoms with Crippen molar-refractivity contribution in [3.63, 3.8) is 0 Å². The van der Waals surface area contributed by atoms with Crippen molar-refractivity contribution in [2.45, 2.75) is 32.6 Å². The molecule has 7 heteroatoms. The number of urea groups is 1. The predicted octanol–water partition coefficient (Wildman–Crippen LogP) is 2.10. The van der Waals surface area contributed by atoms with E-state index in [0.29, 0.717) is 19.6 Å². The van der Waals surface area contributed by atoms with Crippen molar-refractivity contribution in [1.82, 2.24) is 20.9 Å². The van der Waals surface area contributed by atoms with Crippen molar-refractivity contribution in [3.8, 4) is 0 Å². The maximum Gasteiger partial charge on any atom is 0.318 e. The van der Waals surface area contributed by atoms with Gasteiger partial charge in [0.25, 0.3) is 0 Å². The zero-order valence-corrected chi connectivity index (χ0v) is 16.5. The van der Waals surface area contributed by atoms with Gasteiger partial charge in [-0.15, -0.1) is 12.4 Å².